The summed E-state index contributed by atoms with van der Waals surface area (Å²) in [6, 6.07) is 3.60. The number of cyclic esters (lactones) is 1. The van der Waals surface area contributed by atoms with Crippen molar-refractivity contribution in [3.8, 4) is 11.6 Å². The number of alkyl carbamates (subject to hydrolysis) is 1. The number of ether oxygens (including phenoxy) is 3. The van der Waals surface area contributed by atoms with Crippen molar-refractivity contribution in [3.63, 3.8) is 0 Å². The molecule has 4 heterocycles. The van der Waals surface area contributed by atoms with Gasteiger partial charge >= 0.3 is 6.09 Å². The number of benzene rings is 1. The summed E-state index contributed by atoms with van der Waals surface area (Å²) in [5, 5.41) is 6.56. The minimum atomic E-state index is -3.88. The monoisotopic (exact) mass is 735 g/mol. The molecule has 4 amide bonds. The number of pyridine rings is 1. The highest BCUT2D eigenvalue weighted by Gasteiger charge is 2.62. The Bertz CT molecular complexity index is 1910. The highest BCUT2D eigenvalue weighted by atomic mass is 32.2. The van der Waals surface area contributed by atoms with Crippen LogP contribution in [0, 0.1) is 5.92 Å². The van der Waals surface area contributed by atoms with Gasteiger partial charge in [0.15, 0.2) is 0 Å². The van der Waals surface area contributed by atoms with Crippen LogP contribution in [0.2, 0.25) is 0 Å². The van der Waals surface area contributed by atoms with Crippen LogP contribution >= 0.6 is 0 Å². The van der Waals surface area contributed by atoms with E-state index in [1.165, 1.54) is 4.90 Å². The maximum Gasteiger partial charge on any atom is 0.407 e. The summed E-state index contributed by atoms with van der Waals surface area (Å²) in [4.78, 5) is 61.3. The molecular weight excluding hydrogens is 690 g/mol. The van der Waals surface area contributed by atoms with Crippen LogP contribution in [0.1, 0.15) is 76.2 Å². The first-order chi connectivity index (χ1) is 25.1. The molecule has 2 saturated carbocycles. The van der Waals surface area contributed by atoms with Gasteiger partial charge in [0.05, 0.1) is 25.5 Å². The largest absolute Gasteiger partial charge is 0.496 e. The van der Waals surface area contributed by atoms with Crippen LogP contribution in [0.5, 0.6) is 11.6 Å². The number of carbonyl (C=O) groups excluding carboxylic acids is 4. The van der Waals surface area contributed by atoms with Crippen LogP contribution in [0.3, 0.4) is 0 Å². The molecule has 1 aromatic heterocycles. The molecule has 52 heavy (non-hydrogen) atoms. The summed E-state index contributed by atoms with van der Waals surface area (Å²) in [5.74, 6) is -1.30. The van der Waals surface area contributed by atoms with Crippen molar-refractivity contribution in [2.75, 3.05) is 20.3 Å². The van der Waals surface area contributed by atoms with Crippen LogP contribution in [-0.4, -0.2) is 91.4 Å². The zero-order chi connectivity index (χ0) is 36.5. The zero-order valence-corrected chi connectivity index (χ0v) is 30.0. The highest BCUT2D eigenvalue weighted by Crippen LogP contribution is 2.46. The molecule has 5 aliphatic rings. The van der Waals surface area contributed by atoms with E-state index >= 15 is 0 Å². The maximum absolute atomic E-state index is 14.4. The number of amides is 4. The van der Waals surface area contributed by atoms with Gasteiger partial charge in [0.2, 0.25) is 27.7 Å². The third-order valence-electron chi connectivity index (χ3n) is 10.5. The lowest BCUT2D eigenvalue weighted by Crippen LogP contribution is -2.58. The SMILES string of the molecule is COc1cc2ccnc3c2cc1/C=C/CCCOC(=O)N[C@H]1CCCCC/C=C\[C@@H]2C[C@@]2(C(=O)NS(=O)(=O)C2CC2)NC(=O)[C@@H]2C[C@H](CN2C1=O)O3. The summed E-state index contributed by atoms with van der Waals surface area (Å²) in [6.07, 6.45) is 13.6. The molecule has 14 nitrogen and oxygen atoms in total. The Kier molecular flexibility index (Phi) is 10.1. The summed E-state index contributed by atoms with van der Waals surface area (Å²) >= 11 is 0. The molecule has 0 unspecified atom stereocenters. The lowest BCUT2D eigenvalue weighted by atomic mass is 10.0. The third-order valence-corrected chi connectivity index (χ3v) is 12.4. The van der Waals surface area contributed by atoms with Gasteiger partial charge in [0.1, 0.15) is 29.5 Å². The Morgan fingerprint density at radius 1 is 1.08 bits per heavy atom. The van der Waals surface area contributed by atoms with E-state index in [4.69, 9.17) is 14.2 Å². The van der Waals surface area contributed by atoms with Gasteiger partial charge in [0, 0.05) is 29.5 Å². The lowest BCUT2D eigenvalue weighted by molar-refractivity contribution is -0.141. The van der Waals surface area contributed by atoms with E-state index in [2.05, 4.69) is 20.3 Å². The number of carbonyl (C=O) groups is 4. The second-order valence-corrected chi connectivity index (χ2v) is 16.3. The number of allylic oxidation sites excluding steroid dienone is 2. The van der Waals surface area contributed by atoms with E-state index in [9.17, 15) is 27.6 Å². The van der Waals surface area contributed by atoms with Crippen molar-refractivity contribution in [2.45, 2.75) is 99.6 Å². The van der Waals surface area contributed by atoms with Gasteiger partial charge in [-0.3, -0.25) is 19.1 Å². The van der Waals surface area contributed by atoms with Crippen LogP contribution in [-0.2, 0) is 29.1 Å². The number of methoxy groups -OCH3 is 1. The summed E-state index contributed by atoms with van der Waals surface area (Å²) < 4.78 is 45.4. The van der Waals surface area contributed by atoms with E-state index in [0.29, 0.717) is 56.6 Å². The van der Waals surface area contributed by atoms with Crippen molar-refractivity contribution in [1.29, 1.82) is 0 Å². The Morgan fingerprint density at radius 3 is 2.71 bits per heavy atom. The quantitative estimate of drug-likeness (QED) is 0.393. The molecule has 0 radical (unpaired) electrons. The molecule has 2 aromatic rings. The minimum absolute atomic E-state index is 0.00369. The van der Waals surface area contributed by atoms with Gasteiger partial charge in [-0.15, -0.1) is 0 Å². The summed E-state index contributed by atoms with van der Waals surface area (Å²) in [5.41, 5.74) is -0.693. The van der Waals surface area contributed by atoms with Crippen LogP contribution in [0.15, 0.2) is 42.6 Å². The molecular formula is C37H45N5O9S. The second-order valence-electron chi connectivity index (χ2n) is 14.3. The average Bonchev–Trinajstić information content (AvgIpc) is 4.04. The van der Waals surface area contributed by atoms with Crippen molar-refractivity contribution in [2.24, 2.45) is 5.92 Å². The van der Waals surface area contributed by atoms with Gasteiger partial charge in [-0.1, -0.05) is 37.1 Å². The fourth-order valence-electron chi connectivity index (χ4n) is 7.36. The molecule has 0 spiro atoms. The van der Waals surface area contributed by atoms with Gasteiger partial charge < -0.3 is 29.7 Å². The minimum Gasteiger partial charge on any atom is -0.496 e. The molecule has 3 N–H and O–H groups in total. The zero-order valence-electron chi connectivity index (χ0n) is 29.2. The van der Waals surface area contributed by atoms with Gasteiger partial charge in [-0.05, 0) is 75.0 Å². The standard InChI is InChI=1S/C37H45N5O9S/c1-49-31-19-23-15-16-38-33-28(23)18-24(31)10-6-5-9-17-50-36(46)39-29-12-8-4-2-3-7-11-25-21-37(25,35(45)41-52(47,48)27-13-14-27)40-32(43)30-20-26(51-33)22-42(30)34(29)44/h6-7,10-11,15-16,18-19,25-27,29-30H,2-5,8-9,12-14,17,20-22H2,1H3,(H,39,46)(H,40,43)(H,41,45)/b10-6+,11-7-/t25-,26-,29+,30+,37-/m1/s1. The van der Waals surface area contributed by atoms with Crippen molar-refractivity contribution < 1.29 is 41.8 Å². The molecule has 15 heteroatoms. The Morgan fingerprint density at radius 2 is 1.90 bits per heavy atom. The maximum atomic E-state index is 14.4. The van der Waals surface area contributed by atoms with E-state index in [1.54, 1.807) is 13.3 Å². The number of hydrogen-bond donors (Lipinski definition) is 3. The molecule has 2 aliphatic carbocycles. The van der Waals surface area contributed by atoms with Gasteiger partial charge in [-0.25, -0.2) is 18.2 Å². The van der Waals surface area contributed by atoms with E-state index in [1.807, 2.05) is 42.5 Å². The number of nitrogens with one attached hydrogen (secondary N) is 3. The van der Waals surface area contributed by atoms with Gasteiger partial charge in [0.25, 0.3) is 5.91 Å². The Balaban J connectivity index is 1.24. The van der Waals surface area contributed by atoms with E-state index < -0.39 is 68.7 Å². The Hall–Kier alpha value is -4.66. The molecule has 3 aliphatic heterocycles. The van der Waals surface area contributed by atoms with Crippen molar-refractivity contribution in [3.05, 3.63) is 48.2 Å². The number of hydrogen-bond acceptors (Lipinski definition) is 10. The Labute approximate surface area is 302 Å². The van der Waals surface area contributed by atoms with Gasteiger partial charge in [-0.2, -0.15) is 0 Å². The molecule has 3 fully saturated rings. The highest BCUT2D eigenvalue weighted by molar-refractivity contribution is 7.91. The smallest absolute Gasteiger partial charge is 0.407 e. The summed E-state index contributed by atoms with van der Waals surface area (Å²) in [7, 11) is -2.29. The first-order valence-corrected chi connectivity index (χ1v) is 19.7. The molecule has 278 valence electrons. The van der Waals surface area contributed by atoms with Crippen LogP contribution in [0.25, 0.3) is 16.8 Å². The normalized spacial score (nSPS) is 29.9. The van der Waals surface area contributed by atoms with Crippen LogP contribution in [0.4, 0.5) is 4.79 Å². The molecule has 1 saturated heterocycles. The summed E-state index contributed by atoms with van der Waals surface area (Å²) in [6.45, 7) is 0.141. The van der Waals surface area contributed by atoms with Crippen molar-refractivity contribution in [1.82, 2.24) is 25.2 Å². The van der Waals surface area contributed by atoms with Crippen LogP contribution < -0.4 is 24.8 Å². The predicted molar refractivity (Wildman–Crippen MR) is 191 cm³/mol. The lowest BCUT2D eigenvalue weighted by Gasteiger charge is -2.29. The number of nitrogens with zero attached hydrogens (tertiary/aromatic N) is 2. The molecule has 1 aromatic carbocycles. The number of rotatable bonds is 4. The predicted octanol–water partition coefficient (Wildman–Crippen LogP) is 3.50. The number of sulfonamides is 1. The van der Waals surface area contributed by atoms with Crippen molar-refractivity contribution >= 4 is 50.7 Å². The molecule has 7 rings (SSSR count). The molecule has 5 atom stereocenters. The second kappa shape index (κ2) is 14.8. The van der Waals surface area contributed by atoms with E-state index in [0.717, 1.165) is 29.2 Å². The fraction of sp³-hybridized carbons (Fsp3) is 0.541. The fourth-order valence-corrected chi connectivity index (χ4v) is 8.72. The first kappa shape index (κ1) is 35.7. The first-order valence-electron chi connectivity index (χ1n) is 18.2. The number of fused-ring (bicyclic) bond motifs is 4. The third kappa shape index (κ3) is 7.59. The van der Waals surface area contributed by atoms with E-state index in [-0.39, 0.29) is 26.0 Å². The molecule has 5 bridgehead atoms. The number of aromatic nitrogens is 1. The average molecular weight is 736 g/mol. The topological polar surface area (TPSA) is 182 Å².